The van der Waals surface area contributed by atoms with Crippen LogP contribution in [0.3, 0.4) is 0 Å². The molecule has 1 saturated carbocycles. The van der Waals surface area contributed by atoms with Gasteiger partial charge >= 0.3 is 0 Å². The van der Waals surface area contributed by atoms with Gasteiger partial charge < -0.3 is 10.6 Å². The molecule has 0 spiro atoms. The first-order valence-electron chi connectivity index (χ1n) is 10.1. The van der Waals surface area contributed by atoms with Crippen molar-refractivity contribution in [3.05, 3.63) is 65.2 Å². The molecule has 2 amide bonds. The number of nitrogens with zero attached hydrogens (tertiary/aromatic N) is 2. The number of benzene rings is 2. The topological polar surface area (TPSA) is 101 Å². The number of hydrogen-bond acceptors (Lipinski definition) is 4. The molecular weight excluding hydrogens is 402 g/mol. The molecule has 0 bridgehead atoms. The monoisotopic (exact) mass is 429 g/mol. The second kappa shape index (κ2) is 8.97. The van der Waals surface area contributed by atoms with E-state index in [1.165, 1.54) is 16.4 Å². The number of carbonyl (C=O) groups excluding carboxylic acids is 2. The van der Waals surface area contributed by atoms with Gasteiger partial charge in [0.05, 0.1) is 4.90 Å². The molecule has 1 fully saturated rings. The molecular formula is C22H27N3O4S. The van der Waals surface area contributed by atoms with Gasteiger partial charge in [-0.25, -0.2) is 8.42 Å². The van der Waals surface area contributed by atoms with E-state index in [0.717, 1.165) is 18.4 Å². The fourth-order valence-electron chi connectivity index (χ4n) is 3.39. The molecule has 3 rings (SSSR count). The van der Waals surface area contributed by atoms with Crippen LogP contribution in [0.15, 0.2) is 53.4 Å². The van der Waals surface area contributed by atoms with Crippen molar-refractivity contribution in [3.8, 4) is 0 Å². The van der Waals surface area contributed by atoms with E-state index in [2.05, 4.69) is 0 Å². The average Bonchev–Trinajstić information content (AvgIpc) is 3.58. The third-order valence-corrected chi connectivity index (χ3v) is 7.31. The third kappa shape index (κ3) is 4.71. The van der Waals surface area contributed by atoms with E-state index in [-0.39, 0.29) is 16.8 Å². The highest BCUT2D eigenvalue weighted by Gasteiger charge is 2.33. The molecule has 2 N–H and O–H groups in total. The van der Waals surface area contributed by atoms with Crippen LogP contribution in [0.5, 0.6) is 0 Å². The fourth-order valence-corrected chi connectivity index (χ4v) is 4.90. The lowest BCUT2D eigenvalue weighted by atomic mass is 10.1. The molecule has 0 aliphatic heterocycles. The Labute approximate surface area is 177 Å². The molecule has 7 nitrogen and oxygen atoms in total. The van der Waals surface area contributed by atoms with E-state index in [9.17, 15) is 18.0 Å². The SMILES string of the molecule is CCN(CC)S(=O)(=O)c1cccc(C(=O)N(Cc2ccc(C(N)=O)cc2)C2CC2)c1. The maximum atomic E-state index is 13.2. The standard InChI is InChI=1S/C22H27N3O4S/c1-3-24(4-2)30(28,29)20-7-5-6-18(14-20)22(27)25(19-12-13-19)15-16-8-10-17(11-9-16)21(23)26/h5-11,14,19H,3-4,12-13,15H2,1-2H3,(H2,23,26). The highest BCUT2D eigenvalue weighted by Crippen LogP contribution is 2.30. The van der Waals surface area contributed by atoms with Gasteiger partial charge in [-0.1, -0.05) is 32.0 Å². The number of carbonyl (C=O) groups is 2. The van der Waals surface area contributed by atoms with Crippen molar-refractivity contribution in [3.63, 3.8) is 0 Å². The molecule has 0 saturated heterocycles. The molecule has 2 aromatic carbocycles. The minimum Gasteiger partial charge on any atom is -0.366 e. The zero-order chi connectivity index (χ0) is 21.9. The average molecular weight is 430 g/mol. The molecule has 8 heteroatoms. The molecule has 30 heavy (non-hydrogen) atoms. The molecule has 1 aliphatic rings. The van der Waals surface area contributed by atoms with Gasteiger partial charge in [-0.3, -0.25) is 9.59 Å². The van der Waals surface area contributed by atoms with Crippen LogP contribution in [-0.2, 0) is 16.6 Å². The smallest absolute Gasteiger partial charge is 0.254 e. The molecule has 2 aromatic rings. The van der Waals surface area contributed by atoms with Crippen LogP contribution in [0.1, 0.15) is 53.0 Å². The molecule has 0 radical (unpaired) electrons. The van der Waals surface area contributed by atoms with Crippen molar-refractivity contribution in [1.82, 2.24) is 9.21 Å². The normalized spacial score (nSPS) is 14.0. The summed E-state index contributed by atoms with van der Waals surface area (Å²) in [5.41, 5.74) is 6.93. The fraction of sp³-hybridized carbons (Fsp3) is 0.364. The first kappa shape index (κ1) is 22.0. The summed E-state index contributed by atoms with van der Waals surface area (Å²) < 4.78 is 27.0. The highest BCUT2D eigenvalue weighted by molar-refractivity contribution is 7.89. The summed E-state index contributed by atoms with van der Waals surface area (Å²) in [5.74, 6) is -0.698. The maximum absolute atomic E-state index is 13.2. The summed E-state index contributed by atoms with van der Waals surface area (Å²) in [4.78, 5) is 26.4. The number of sulfonamides is 1. The van der Waals surface area contributed by atoms with E-state index in [4.69, 9.17) is 5.73 Å². The van der Waals surface area contributed by atoms with Crippen molar-refractivity contribution >= 4 is 21.8 Å². The molecule has 160 valence electrons. The van der Waals surface area contributed by atoms with Gasteiger partial charge in [0, 0.05) is 36.8 Å². The number of rotatable bonds is 9. The van der Waals surface area contributed by atoms with Gasteiger partial charge in [0.25, 0.3) is 5.91 Å². The van der Waals surface area contributed by atoms with Crippen LogP contribution in [-0.4, -0.2) is 48.6 Å². The molecule has 0 unspecified atom stereocenters. The Morgan fingerprint density at radius 3 is 2.17 bits per heavy atom. The van der Waals surface area contributed by atoms with E-state index >= 15 is 0 Å². The summed E-state index contributed by atoms with van der Waals surface area (Å²) in [5, 5.41) is 0. The Hall–Kier alpha value is -2.71. The minimum absolute atomic E-state index is 0.124. The predicted molar refractivity (Wildman–Crippen MR) is 114 cm³/mol. The maximum Gasteiger partial charge on any atom is 0.254 e. The molecule has 0 aromatic heterocycles. The van der Waals surface area contributed by atoms with Crippen LogP contribution >= 0.6 is 0 Å². The second-order valence-electron chi connectivity index (χ2n) is 7.34. The van der Waals surface area contributed by atoms with Crippen LogP contribution in [0.2, 0.25) is 0 Å². The van der Waals surface area contributed by atoms with Crippen LogP contribution in [0.25, 0.3) is 0 Å². The van der Waals surface area contributed by atoms with Crippen LogP contribution in [0.4, 0.5) is 0 Å². The zero-order valence-corrected chi connectivity index (χ0v) is 18.1. The predicted octanol–water partition coefficient (Wildman–Crippen LogP) is 2.62. The van der Waals surface area contributed by atoms with E-state index < -0.39 is 15.9 Å². The van der Waals surface area contributed by atoms with Crippen molar-refractivity contribution in [2.75, 3.05) is 13.1 Å². The van der Waals surface area contributed by atoms with E-state index in [1.807, 2.05) is 0 Å². The van der Waals surface area contributed by atoms with Gasteiger partial charge in [-0.15, -0.1) is 0 Å². The Bertz CT molecular complexity index is 1030. The molecule has 0 atom stereocenters. The van der Waals surface area contributed by atoms with Crippen LogP contribution < -0.4 is 5.73 Å². The number of amides is 2. The number of primary amides is 1. The van der Waals surface area contributed by atoms with Crippen LogP contribution in [0, 0.1) is 0 Å². The Morgan fingerprint density at radius 1 is 1.00 bits per heavy atom. The van der Waals surface area contributed by atoms with Gasteiger partial charge in [-0.05, 0) is 48.7 Å². The van der Waals surface area contributed by atoms with Crippen molar-refractivity contribution < 1.29 is 18.0 Å². The van der Waals surface area contributed by atoms with E-state index in [1.54, 1.807) is 55.1 Å². The second-order valence-corrected chi connectivity index (χ2v) is 9.28. The molecule has 0 heterocycles. The van der Waals surface area contributed by atoms with E-state index in [0.29, 0.717) is 30.8 Å². The highest BCUT2D eigenvalue weighted by atomic mass is 32.2. The minimum atomic E-state index is -3.64. The lowest BCUT2D eigenvalue weighted by molar-refractivity contribution is 0.0729. The summed E-state index contributed by atoms with van der Waals surface area (Å²) in [7, 11) is -3.64. The quantitative estimate of drug-likeness (QED) is 0.662. The Kier molecular flexibility index (Phi) is 6.58. The van der Waals surface area contributed by atoms with Gasteiger partial charge in [0.2, 0.25) is 15.9 Å². The lowest BCUT2D eigenvalue weighted by Gasteiger charge is -2.23. The zero-order valence-electron chi connectivity index (χ0n) is 17.2. The number of nitrogens with two attached hydrogens (primary N) is 1. The lowest BCUT2D eigenvalue weighted by Crippen LogP contribution is -2.33. The summed E-state index contributed by atoms with van der Waals surface area (Å²) in [6, 6.07) is 13.2. The first-order chi connectivity index (χ1) is 14.3. The Morgan fingerprint density at radius 2 is 1.63 bits per heavy atom. The summed E-state index contributed by atoms with van der Waals surface area (Å²) >= 11 is 0. The van der Waals surface area contributed by atoms with Crippen molar-refractivity contribution in [1.29, 1.82) is 0 Å². The first-order valence-corrected chi connectivity index (χ1v) is 11.5. The van der Waals surface area contributed by atoms with Crippen molar-refractivity contribution in [2.45, 2.75) is 44.2 Å². The van der Waals surface area contributed by atoms with Crippen molar-refractivity contribution in [2.24, 2.45) is 5.73 Å². The number of hydrogen-bond donors (Lipinski definition) is 1. The largest absolute Gasteiger partial charge is 0.366 e. The van der Waals surface area contributed by atoms with Gasteiger partial charge in [-0.2, -0.15) is 4.31 Å². The van der Waals surface area contributed by atoms with Gasteiger partial charge in [0.1, 0.15) is 0 Å². The Balaban J connectivity index is 1.85. The summed E-state index contributed by atoms with van der Waals surface area (Å²) in [6.07, 6.45) is 1.84. The third-order valence-electron chi connectivity index (χ3n) is 5.26. The molecule has 1 aliphatic carbocycles. The summed E-state index contributed by atoms with van der Waals surface area (Å²) in [6.45, 7) is 4.69. The van der Waals surface area contributed by atoms with Gasteiger partial charge in [0.15, 0.2) is 0 Å².